The van der Waals surface area contributed by atoms with Crippen molar-refractivity contribution < 1.29 is 4.79 Å². The summed E-state index contributed by atoms with van der Waals surface area (Å²) in [6.07, 6.45) is 9.80. The average Bonchev–Trinajstić information content (AvgIpc) is 3.08. The zero-order valence-corrected chi connectivity index (χ0v) is 15.5. The van der Waals surface area contributed by atoms with Gasteiger partial charge in [0.15, 0.2) is 5.17 Å². The topological polar surface area (TPSA) is 41.5 Å². The van der Waals surface area contributed by atoms with Gasteiger partial charge < -0.3 is 5.32 Å². The molecule has 2 rings (SSSR count). The first-order chi connectivity index (χ1) is 10.5. The monoisotopic (exact) mass is 324 g/mol. The third kappa shape index (κ3) is 4.06. The number of aliphatic imine (C=N–C) groups is 1. The molecule has 22 heavy (non-hydrogen) atoms. The molecule has 2 fully saturated rings. The molecule has 2 aliphatic rings. The van der Waals surface area contributed by atoms with Gasteiger partial charge in [-0.15, -0.1) is 0 Å². The smallest absolute Gasteiger partial charge is 0.242 e. The van der Waals surface area contributed by atoms with E-state index in [1.165, 1.54) is 44.9 Å². The van der Waals surface area contributed by atoms with Crippen LogP contribution in [0.1, 0.15) is 79.1 Å². The van der Waals surface area contributed by atoms with E-state index in [1.807, 2.05) is 0 Å². The molecule has 126 valence electrons. The first kappa shape index (κ1) is 17.8. The Bertz CT molecular complexity index is 417. The normalized spacial score (nSPS) is 30.7. The number of carbonyl (C=O) groups is 1. The zero-order valence-electron chi connectivity index (χ0n) is 14.7. The number of nitrogens with zero attached hydrogens (tertiary/aromatic N) is 1. The van der Waals surface area contributed by atoms with Crippen molar-refractivity contribution in [1.29, 1.82) is 0 Å². The fraction of sp³-hybridized carbons (Fsp3) is 0.889. The maximum absolute atomic E-state index is 12.4. The van der Waals surface area contributed by atoms with Crippen LogP contribution in [0.5, 0.6) is 0 Å². The second-order valence-electron chi connectivity index (χ2n) is 7.23. The van der Waals surface area contributed by atoms with Gasteiger partial charge in [0.05, 0.1) is 6.04 Å². The molecule has 3 nitrogen and oxygen atoms in total. The number of hydrogen-bond donors (Lipinski definition) is 1. The average molecular weight is 325 g/mol. The van der Waals surface area contributed by atoms with Crippen LogP contribution in [0.3, 0.4) is 0 Å². The van der Waals surface area contributed by atoms with Crippen molar-refractivity contribution in [3.05, 3.63) is 0 Å². The Balaban J connectivity index is 1.96. The van der Waals surface area contributed by atoms with Gasteiger partial charge in [-0.3, -0.25) is 9.79 Å². The van der Waals surface area contributed by atoms with Crippen LogP contribution in [-0.2, 0) is 4.79 Å². The maximum atomic E-state index is 12.4. The molecule has 1 heterocycles. The lowest BCUT2D eigenvalue weighted by atomic mass is 9.91. The highest BCUT2D eigenvalue weighted by Crippen LogP contribution is 2.45. The molecule has 4 heteroatoms. The largest absolute Gasteiger partial charge is 0.304 e. The molecule has 0 aromatic heterocycles. The Morgan fingerprint density at radius 2 is 2.05 bits per heavy atom. The summed E-state index contributed by atoms with van der Waals surface area (Å²) in [5, 5.41) is 3.91. The number of rotatable bonds is 7. The molecule has 0 spiro atoms. The highest BCUT2D eigenvalue weighted by molar-refractivity contribution is 8.16. The molecule has 0 aromatic rings. The fourth-order valence-electron chi connectivity index (χ4n) is 3.93. The molecule has 1 amide bonds. The third-order valence-corrected chi connectivity index (χ3v) is 6.74. The van der Waals surface area contributed by atoms with Crippen LogP contribution in [0, 0.1) is 11.8 Å². The zero-order chi connectivity index (χ0) is 16.2. The van der Waals surface area contributed by atoms with Crippen molar-refractivity contribution >= 4 is 22.8 Å². The van der Waals surface area contributed by atoms with Crippen molar-refractivity contribution in [2.24, 2.45) is 16.8 Å². The molecule has 1 aliphatic carbocycles. The van der Waals surface area contributed by atoms with E-state index in [4.69, 9.17) is 4.99 Å². The summed E-state index contributed by atoms with van der Waals surface area (Å²) < 4.78 is -0.289. The van der Waals surface area contributed by atoms with Gasteiger partial charge in [0.25, 0.3) is 0 Å². The minimum atomic E-state index is -0.289. The standard InChI is InChI=1S/C18H32N2OS/c1-5-9-14(6-2)12-13(3)19-17-20-16(21)18(4,22-17)15-10-7-8-11-15/h13-15H,5-12H2,1-4H3,(H,19,20,21). The van der Waals surface area contributed by atoms with Gasteiger partial charge in [-0.05, 0) is 44.9 Å². The molecule has 1 aliphatic heterocycles. The van der Waals surface area contributed by atoms with Crippen LogP contribution in [0.4, 0.5) is 0 Å². The number of thioether (sulfide) groups is 1. The molecular formula is C18H32N2OS. The molecular weight excluding hydrogens is 292 g/mol. The molecule has 0 aromatic carbocycles. The summed E-state index contributed by atoms with van der Waals surface area (Å²) in [5.41, 5.74) is 0. The van der Waals surface area contributed by atoms with E-state index in [-0.39, 0.29) is 10.7 Å². The first-order valence-electron chi connectivity index (χ1n) is 9.07. The number of carbonyl (C=O) groups excluding carboxylic acids is 1. The summed E-state index contributed by atoms with van der Waals surface area (Å²) in [4.78, 5) is 17.3. The summed E-state index contributed by atoms with van der Waals surface area (Å²) >= 11 is 1.68. The van der Waals surface area contributed by atoms with Crippen molar-refractivity contribution in [3.8, 4) is 0 Å². The lowest BCUT2D eigenvalue weighted by molar-refractivity contribution is -0.122. The third-order valence-electron chi connectivity index (χ3n) is 5.40. The van der Waals surface area contributed by atoms with E-state index in [9.17, 15) is 4.79 Å². The summed E-state index contributed by atoms with van der Waals surface area (Å²) in [5.74, 6) is 1.45. The van der Waals surface area contributed by atoms with Gasteiger partial charge >= 0.3 is 0 Å². The van der Waals surface area contributed by atoms with Gasteiger partial charge in [-0.2, -0.15) is 0 Å². The Labute approximate surface area is 140 Å². The summed E-state index contributed by atoms with van der Waals surface area (Å²) in [7, 11) is 0. The molecule has 0 radical (unpaired) electrons. The molecule has 3 atom stereocenters. The number of nitrogens with one attached hydrogen (secondary N) is 1. The van der Waals surface area contributed by atoms with Crippen molar-refractivity contribution in [2.75, 3.05) is 0 Å². The first-order valence-corrected chi connectivity index (χ1v) is 9.89. The Morgan fingerprint density at radius 3 is 2.64 bits per heavy atom. The van der Waals surface area contributed by atoms with Gasteiger partial charge in [0.1, 0.15) is 4.75 Å². The van der Waals surface area contributed by atoms with Crippen molar-refractivity contribution in [2.45, 2.75) is 89.9 Å². The van der Waals surface area contributed by atoms with Crippen LogP contribution in [-0.4, -0.2) is 21.9 Å². The van der Waals surface area contributed by atoms with Crippen LogP contribution < -0.4 is 5.32 Å². The minimum Gasteiger partial charge on any atom is -0.304 e. The summed E-state index contributed by atoms with van der Waals surface area (Å²) in [6.45, 7) is 8.81. The quantitative estimate of drug-likeness (QED) is 0.733. The van der Waals surface area contributed by atoms with E-state index >= 15 is 0 Å². The van der Waals surface area contributed by atoms with E-state index in [0.29, 0.717) is 12.0 Å². The number of amides is 1. The van der Waals surface area contributed by atoms with Crippen molar-refractivity contribution in [1.82, 2.24) is 5.32 Å². The van der Waals surface area contributed by atoms with Crippen molar-refractivity contribution in [3.63, 3.8) is 0 Å². The predicted octanol–water partition coefficient (Wildman–Crippen LogP) is 4.76. The van der Waals surface area contributed by atoms with Crippen LogP contribution in [0.15, 0.2) is 4.99 Å². The molecule has 1 N–H and O–H groups in total. The molecule has 1 saturated heterocycles. The number of hydrogen-bond acceptors (Lipinski definition) is 3. The van der Waals surface area contributed by atoms with E-state index in [2.05, 4.69) is 33.0 Å². The van der Waals surface area contributed by atoms with Crippen LogP contribution >= 0.6 is 11.8 Å². The second kappa shape index (κ2) is 7.85. The summed E-state index contributed by atoms with van der Waals surface area (Å²) in [6, 6.07) is 0.297. The minimum absolute atomic E-state index is 0.177. The van der Waals surface area contributed by atoms with Crippen LogP contribution in [0.2, 0.25) is 0 Å². The predicted molar refractivity (Wildman–Crippen MR) is 96.3 cm³/mol. The molecule has 1 saturated carbocycles. The van der Waals surface area contributed by atoms with E-state index in [0.717, 1.165) is 17.5 Å². The molecule has 0 bridgehead atoms. The van der Waals surface area contributed by atoms with E-state index in [1.54, 1.807) is 11.8 Å². The Hall–Kier alpha value is -0.510. The molecule has 3 unspecified atom stereocenters. The SMILES string of the molecule is CCCC(CC)CC(C)N=C1NC(=O)C(C)(C2CCCC2)S1. The van der Waals surface area contributed by atoms with Gasteiger partial charge in [-0.25, -0.2) is 0 Å². The van der Waals surface area contributed by atoms with E-state index < -0.39 is 0 Å². The Kier molecular flexibility index (Phi) is 6.36. The lowest BCUT2D eigenvalue weighted by Gasteiger charge is -2.26. The maximum Gasteiger partial charge on any atom is 0.242 e. The van der Waals surface area contributed by atoms with Gasteiger partial charge in [0.2, 0.25) is 5.91 Å². The lowest BCUT2D eigenvalue weighted by Crippen LogP contribution is -2.39. The van der Waals surface area contributed by atoms with Crippen LogP contribution in [0.25, 0.3) is 0 Å². The highest BCUT2D eigenvalue weighted by Gasteiger charge is 2.49. The van der Waals surface area contributed by atoms with Gasteiger partial charge in [-0.1, -0.05) is 57.7 Å². The second-order valence-corrected chi connectivity index (χ2v) is 8.67. The number of amidine groups is 1. The highest BCUT2D eigenvalue weighted by atomic mass is 32.2. The fourth-order valence-corrected chi connectivity index (χ4v) is 5.25. The Morgan fingerprint density at radius 1 is 1.36 bits per heavy atom. The van der Waals surface area contributed by atoms with Gasteiger partial charge in [0, 0.05) is 0 Å².